The second kappa shape index (κ2) is 8.55. The highest BCUT2D eigenvalue weighted by atomic mass is 19.1. The van der Waals surface area contributed by atoms with Crippen molar-refractivity contribution in [2.75, 3.05) is 6.54 Å². The van der Waals surface area contributed by atoms with E-state index in [-0.39, 0.29) is 30.3 Å². The summed E-state index contributed by atoms with van der Waals surface area (Å²) in [6.45, 7) is 0.687. The molecule has 0 spiro atoms. The molecular formula is C23H25FN2O2. The fourth-order valence-corrected chi connectivity index (χ4v) is 4.07. The molecule has 1 fully saturated rings. The van der Waals surface area contributed by atoms with Gasteiger partial charge in [0.2, 0.25) is 5.91 Å². The van der Waals surface area contributed by atoms with Gasteiger partial charge in [0.1, 0.15) is 5.82 Å². The van der Waals surface area contributed by atoms with E-state index in [2.05, 4.69) is 5.16 Å². The maximum absolute atomic E-state index is 14.2. The van der Waals surface area contributed by atoms with Gasteiger partial charge in [-0.1, -0.05) is 66.5 Å². The van der Waals surface area contributed by atoms with E-state index < -0.39 is 0 Å². The molecule has 28 heavy (non-hydrogen) atoms. The van der Waals surface area contributed by atoms with Gasteiger partial charge in [0.25, 0.3) is 0 Å². The van der Waals surface area contributed by atoms with Gasteiger partial charge in [-0.2, -0.15) is 0 Å². The molecule has 146 valence electrons. The number of benzene rings is 2. The number of nitrogens with zero attached hydrogens (tertiary/aromatic N) is 2. The maximum Gasteiger partial charge on any atom is 0.226 e. The van der Waals surface area contributed by atoms with Crippen molar-refractivity contribution in [3.63, 3.8) is 0 Å². The number of amides is 1. The molecule has 2 aromatic rings. The molecule has 1 heterocycles. The van der Waals surface area contributed by atoms with Crippen LogP contribution in [0, 0.1) is 11.7 Å². The summed E-state index contributed by atoms with van der Waals surface area (Å²) in [5, 5.41) is 4.23. The van der Waals surface area contributed by atoms with Crippen LogP contribution < -0.4 is 0 Å². The standard InChI is InChI=1S/C23H25FN2O2/c24-21-13-7-6-12-19(21)15-26(23(27)18-10-4-5-11-18)16-20-14-22(25-28-20)17-8-2-1-3-9-17/h1-3,6-9,12-13,18,20H,4-5,10-11,14-16H2/t20-/m1/s1. The van der Waals surface area contributed by atoms with Crippen LogP contribution in [0.15, 0.2) is 59.8 Å². The largest absolute Gasteiger partial charge is 0.390 e. The zero-order valence-electron chi connectivity index (χ0n) is 15.9. The molecule has 4 nitrogen and oxygen atoms in total. The van der Waals surface area contributed by atoms with Gasteiger partial charge in [0.05, 0.1) is 12.3 Å². The van der Waals surface area contributed by atoms with Crippen LogP contribution in [0.2, 0.25) is 0 Å². The number of oxime groups is 1. The smallest absolute Gasteiger partial charge is 0.226 e. The Morgan fingerprint density at radius 3 is 2.54 bits per heavy atom. The normalized spacial score (nSPS) is 19.3. The summed E-state index contributed by atoms with van der Waals surface area (Å²) in [5.41, 5.74) is 2.47. The molecule has 1 saturated carbocycles. The predicted molar refractivity (Wildman–Crippen MR) is 106 cm³/mol. The van der Waals surface area contributed by atoms with Gasteiger partial charge in [-0.05, 0) is 24.5 Å². The molecule has 0 unspecified atom stereocenters. The molecule has 0 saturated heterocycles. The third-order valence-corrected chi connectivity index (χ3v) is 5.60. The number of rotatable bonds is 6. The molecule has 2 aliphatic rings. The highest BCUT2D eigenvalue weighted by molar-refractivity contribution is 6.01. The molecule has 2 aromatic carbocycles. The van der Waals surface area contributed by atoms with E-state index >= 15 is 0 Å². The summed E-state index contributed by atoms with van der Waals surface area (Å²) >= 11 is 0. The van der Waals surface area contributed by atoms with Crippen molar-refractivity contribution >= 4 is 11.6 Å². The zero-order chi connectivity index (χ0) is 19.3. The molecule has 0 aromatic heterocycles. The fraction of sp³-hybridized carbons (Fsp3) is 0.391. The van der Waals surface area contributed by atoms with Crippen LogP contribution in [-0.4, -0.2) is 29.2 Å². The van der Waals surface area contributed by atoms with Gasteiger partial charge in [0, 0.05) is 24.4 Å². The summed E-state index contributed by atoms with van der Waals surface area (Å²) in [4.78, 5) is 20.5. The Balaban J connectivity index is 1.46. The molecule has 1 aliphatic heterocycles. The number of hydrogen-bond acceptors (Lipinski definition) is 3. The predicted octanol–water partition coefficient (Wildman–Crippen LogP) is 4.54. The van der Waals surface area contributed by atoms with Crippen LogP contribution in [0.1, 0.15) is 43.2 Å². The Labute approximate surface area is 165 Å². The molecule has 0 radical (unpaired) electrons. The quantitative estimate of drug-likeness (QED) is 0.738. The van der Waals surface area contributed by atoms with Gasteiger partial charge in [-0.3, -0.25) is 4.79 Å². The minimum absolute atomic E-state index is 0.0442. The van der Waals surface area contributed by atoms with E-state index in [0.717, 1.165) is 37.0 Å². The number of hydrogen-bond donors (Lipinski definition) is 0. The van der Waals surface area contributed by atoms with Crippen molar-refractivity contribution < 1.29 is 14.0 Å². The summed E-state index contributed by atoms with van der Waals surface area (Å²) in [6, 6.07) is 16.6. The van der Waals surface area contributed by atoms with Crippen molar-refractivity contribution in [2.45, 2.75) is 44.8 Å². The van der Waals surface area contributed by atoms with Gasteiger partial charge in [-0.15, -0.1) is 0 Å². The van der Waals surface area contributed by atoms with Crippen LogP contribution in [-0.2, 0) is 16.2 Å². The van der Waals surface area contributed by atoms with Crippen molar-refractivity contribution in [3.8, 4) is 0 Å². The summed E-state index contributed by atoms with van der Waals surface area (Å²) in [7, 11) is 0. The number of carbonyl (C=O) groups is 1. The Kier molecular flexibility index (Phi) is 5.70. The average molecular weight is 380 g/mol. The van der Waals surface area contributed by atoms with E-state index in [1.54, 1.807) is 23.1 Å². The number of halogens is 1. The van der Waals surface area contributed by atoms with Gasteiger partial charge in [0.15, 0.2) is 6.10 Å². The van der Waals surface area contributed by atoms with E-state index in [1.165, 1.54) is 6.07 Å². The van der Waals surface area contributed by atoms with Crippen molar-refractivity contribution in [3.05, 3.63) is 71.5 Å². The first-order valence-electron chi connectivity index (χ1n) is 10.0. The molecule has 1 aliphatic carbocycles. The van der Waals surface area contributed by atoms with Crippen molar-refractivity contribution in [1.82, 2.24) is 4.90 Å². The third-order valence-electron chi connectivity index (χ3n) is 5.60. The minimum atomic E-state index is -0.278. The monoisotopic (exact) mass is 380 g/mol. The Morgan fingerprint density at radius 2 is 1.79 bits per heavy atom. The van der Waals surface area contributed by atoms with E-state index in [0.29, 0.717) is 18.5 Å². The fourth-order valence-electron chi connectivity index (χ4n) is 4.07. The van der Waals surface area contributed by atoms with Gasteiger partial charge in [-0.25, -0.2) is 4.39 Å². The van der Waals surface area contributed by atoms with Gasteiger partial charge < -0.3 is 9.74 Å². The average Bonchev–Trinajstić information content (AvgIpc) is 3.41. The second-order valence-corrected chi connectivity index (χ2v) is 7.63. The van der Waals surface area contributed by atoms with Crippen LogP contribution >= 0.6 is 0 Å². The number of carbonyl (C=O) groups excluding carboxylic acids is 1. The zero-order valence-corrected chi connectivity index (χ0v) is 15.9. The van der Waals surface area contributed by atoms with Crippen LogP contribution in [0.3, 0.4) is 0 Å². The summed E-state index contributed by atoms with van der Waals surface area (Å²) in [6.07, 6.45) is 4.46. The lowest BCUT2D eigenvalue weighted by Gasteiger charge is -2.27. The SMILES string of the molecule is O=C(C1CCCC1)N(Cc1ccccc1F)C[C@H]1CC(c2ccccc2)=NO1. The maximum atomic E-state index is 14.2. The van der Waals surface area contributed by atoms with E-state index in [9.17, 15) is 9.18 Å². The Hall–Kier alpha value is -2.69. The lowest BCUT2D eigenvalue weighted by Crippen LogP contribution is -2.40. The lowest BCUT2D eigenvalue weighted by atomic mass is 10.0. The first-order chi connectivity index (χ1) is 13.7. The van der Waals surface area contributed by atoms with Crippen molar-refractivity contribution in [1.29, 1.82) is 0 Å². The second-order valence-electron chi connectivity index (χ2n) is 7.63. The Morgan fingerprint density at radius 1 is 1.07 bits per heavy atom. The molecule has 0 N–H and O–H groups in total. The highest BCUT2D eigenvalue weighted by Crippen LogP contribution is 2.28. The minimum Gasteiger partial charge on any atom is -0.390 e. The first kappa shape index (κ1) is 18.7. The third kappa shape index (κ3) is 4.24. The van der Waals surface area contributed by atoms with Crippen molar-refractivity contribution in [2.24, 2.45) is 11.1 Å². The van der Waals surface area contributed by atoms with Crippen LogP contribution in [0.4, 0.5) is 4.39 Å². The lowest BCUT2D eigenvalue weighted by molar-refractivity contribution is -0.137. The highest BCUT2D eigenvalue weighted by Gasteiger charge is 2.31. The molecular weight excluding hydrogens is 355 g/mol. The first-order valence-corrected chi connectivity index (χ1v) is 10.0. The van der Waals surface area contributed by atoms with E-state index in [4.69, 9.17) is 4.84 Å². The topological polar surface area (TPSA) is 41.9 Å². The molecule has 5 heteroatoms. The van der Waals surface area contributed by atoms with Crippen LogP contribution in [0.5, 0.6) is 0 Å². The molecule has 0 bridgehead atoms. The summed E-state index contributed by atoms with van der Waals surface area (Å²) in [5.74, 6) is -0.125. The van der Waals surface area contributed by atoms with E-state index in [1.807, 2.05) is 30.3 Å². The van der Waals surface area contributed by atoms with Crippen LogP contribution in [0.25, 0.3) is 0 Å². The molecule has 1 amide bonds. The summed E-state index contributed by atoms with van der Waals surface area (Å²) < 4.78 is 14.2. The Bertz CT molecular complexity index is 847. The van der Waals surface area contributed by atoms with Gasteiger partial charge >= 0.3 is 0 Å². The molecule has 4 rings (SSSR count). The molecule has 1 atom stereocenters.